The molecule has 1 aliphatic heterocycles. The summed E-state index contributed by atoms with van der Waals surface area (Å²) in [4.78, 5) is 25.1. The largest absolute Gasteiger partial charge is 0.480 e. The van der Waals surface area contributed by atoms with Crippen LogP contribution in [0.15, 0.2) is 6.07 Å². The highest BCUT2D eigenvalue weighted by Crippen LogP contribution is 2.21. The van der Waals surface area contributed by atoms with Crippen LogP contribution in [0.1, 0.15) is 41.5 Å². The summed E-state index contributed by atoms with van der Waals surface area (Å²) < 4.78 is 0. The number of amides is 1. The van der Waals surface area contributed by atoms with E-state index < -0.39 is 12.0 Å². The molecular formula is C13H17N3O3. The zero-order chi connectivity index (χ0) is 14.0. The number of likely N-dealkylation sites (tertiary alicyclic amines) is 1. The molecule has 102 valence electrons. The number of carboxylic acid groups (broad SMARTS) is 1. The smallest absolute Gasteiger partial charge is 0.326 e. The summed E-state index contributed by atoms with van der Waals surface area (Å²) in [6.45, 7) is 4.15. The van der Waals surface area contributed by atoms with E-state index in [4.69, 9.17) is 5.11 Å². The number of hydrogen-bond donors (Lipinski definition) is 1. The maximum atomic E-state index is 12.5. The van der Waals surface area contributed by atoms with E-state index in [2.05, 4.69) is 10.2 Å². The molecule has 2 heterocycles. The number of nitrogens with zero attached hydrogens (tertiary/aromatic N) is 3. The zero-order valence-electron chi connectivity index (χ0n) is 11.1. The molecule has 1 saturated heterocycles. The van der Waals surface area contributed by atoms with E-state index in [0.717, 1.165) is 6.42 Å². The number of aromatic nitrogens is 2. The molecule has 0 spiro atoms. The number of carboxylic acids is 1. The molecule has 1 aromatic rings. The normalized spacial score (nSPS) is 18.6. The molecule has 0 bridgehead atoms. The molecular weight excluding hydrogens is 246 g/mol. The second-order valence-corrected chi connectivity index (χ2v) is 4.69. The molecule has 1 N–H and O–H groups in total. The summed E-state index contributed by atoms with van der Waals surface area (Å²) in [6, 6.07) is 0.969. The minimum atomic E-state index is -0.942. The van der Waals surface area contributed by atoms with Gasteiger partial charge in [0.1, 0.15) is 6.04 Å². The van der Waals surface area contributed by atoms with Crippen molar-refractivity contribution in [2.24, 2.45) is 0 Å². The second-order valence-electron chi connectivity index (χ2n) is 4.69. The van der Waals surface area contributed by atoms with Crippen molar-refractivity contribution in [3.8, 4) is 0 Å². The summed E-state index contributed by atoms with van der Waals surface area (Å²) >= 11 is 0. The van der Waals surface area contributed by atoms with E-state index in [9.17, 15) is 9.59 Å². The van der Waals surface area contributed by atoms with Crippen molar-refractivity contribution in [1.29, 1.82) is 0 Å². The van der Waals surface area contributed by atoms with Crippen LogP contribution in [-0.2, 0) is 11.2 Å². The molecule has 2 rings (SSSR count). The first-order chi connectivity index (χ1) is 9.04. The third-order valence-electron chi connectivity index (χ3n) is 3.36. The van der Waals surface area contributed by atoms with Crippen LogP contribution in [0.4, 0.5) is 0 Å². The van der Waals surface area contributed by atoms with Gasteiger partial charge >= 0.3 is 5.97 Å². The van der Waals surface area contributed by atoms with Gasteiger partial charge in [0.15, 0.2) is 0 Å². The van der Waals surface area contributed by atoms with Crippen LogP contribution >= 0.6 is 0 Å². The van der Waals surface area contributed by atoms with Crippen LogP contribution < -0.4 is 0 Å². The number of aliphatic carboxylic acids is 1. The van der Waals surface area contributed by atoms with Crippen molar-refractivity contribution < 1.29 is 14.7 Å². The molecule has 1 amide bonds. The van der Waals surface area contributed by atoms with Crippen LogP contribution in [-0.4, -0.2) is 44.7 Å². The summed E-state index contributed by atoms with van der Waals surface area (Å²) in [5.74, 6) is -1.19. The zero-order valence-corrected chi connectivity index (χ0v) is 11.1. The molecule has 1 aromatic heterocycles. The lowest BCUT2D eigenvalue weighted by atomic mass is 10.1. The molecule has 19 heavy (non-hydrogen) atoms. The minimum absolute atomic E-state index is 0.250. The third kappa shape index (κ3) is 2.57. The Balaban J connectivity index is 2.33. The van der Waals surface area contributed by atoms with Gasteiger partial charge in [0.2, 0.25) is 0 Å². The van der Waals surface area contributed by atoms with Crippen molar-refractivity contribution in [3.05, 3.63) is 23.0 Å². The van der Waals surface area contributed by atoms with Gasteiger partial charge in [-0.3, -0.25) is 4.79 Å². The Labute approximate surface area is 111 Å². The fraction of sp³-hybridized carbons (Fsp3) is 0.538. The molecule has 0 unspecified atom stereocenters. The van der Waals surface area contributed by atoms with Gasteiger partial charge in [-0.25, -0.2) is 4.79 Å². The lowest BCUT2D eigenvalue weighted by molar-refractivity contribution is -0.141. The van der Waals surface area contributed by atoms with Crippen molar-refractivity contribution in [1.82, 2.24) is 15.1 Å². The van der Waals surface area contributed by atoms with Crippen LogP contribution in [0.3, 0.4) is 0 Å². The van der Waals surface area contributed by atoms with Gasteiger partial charge in [-0.15, -0.1) is 0 Å². The lowest BCUT2D eigenvalue weighted by Gasteiger charge is -2.22. The first-order valence-electron chi connectivity index (χ1n) is 6.41. The van der Waals surface area contributed by atoms with Gasteiger partial charge in [-0.1, -0.05) is 6.92 Å². The molecule has 0 aromatic carbocycles. The van der Waals surface area contributed by atoms with Gasteiger partial charge in [0, 0.05) is 6.54 Å². The maximum absolute atomic E-state index is 12.5. The fourth-order valence-electron chi connectivity index (χ4n) is 2.38. The predicted molar refractivity (Wildman–Crippen MR) is 67.8 cm³/mol. The SMILES string of the molecule is CCc1nnc(C)cc1C(=O)N1CCC[C@@H]1C(=O)O. The first-order valence-corrected chi connectivity index (χ1v) is 6.41. The van der Waals surface area contributed by atoms with Gasteiger partial charge in [-0.2, -0.15) is 10.2 Å². The number of rotatable bonds is 3. The average Bonchev–Trinajstić information content (AvgIpc) is 2.87. The van der Waals surface area contributed by atoms with Crippen LogP contribution in [0.25, 0.3) is 0 Å². The average molecular weight is 263 g/mol. The Morgan fingerprint density at radius 3 is 2.84 bits per heavy atom. The highest BCUT2D eigenvalue weighted by molar-refractivity contribution is 5.97. The summed E-state index contributed by atoms with van der Waals surface area (Å²) in [6.07, 6.45) is 1.83. The number of hydrogen-bond acceptors (Lipinski definition) is 4. The Kier molecular flexibility index (Phi) is 3.78. The molecule has 0 radical (unpaired) electrons. The van der Waals surface area contributed by atoms with E-state index in [1.807, 2.05) is 6.92 Å². The highest BCUT2D eigenvalue weighted by Gasteiger charge is 2.35. The topological polar surface area (TPSA) is 83.4 Å². The van der Waals surface area contributed by atoms with Crippen molar-refractivity contribution in [2.45, 2.75) is 39.2 Å². The third-order valence-corrected chi connectivity index (χ3v) is 3.36. The van der Waals surface area contributed by atoms with E-state index in [1.54, 1.807) is 13.0 Å². The van der Waals surface area contributed by atoms with Crippen molar-refractivity contribution in [3.63, 3.8) is 0 Å². The number of aryl methyl sites for hydroxylation is 2. The molecule has 1 fully saturated rings. The van der Waals surface area contributed by atoms with E-state index in [0.29, 0.717) is 36.3 Å². The van der Waals surface area contributed by atoms with Gasteiger partial charge in [0.25, 0.3) is 5.91 Å². The Morgan fingerprint density at radius 1 is 1.47 bits per heavy atom. The van der Waals surface area contributed by atoms with Crippen LogP contribution in [0, 0.1) is 6.92 Å². The minimum Gasteiger partial charge on any atom is -0.480 e. The van der Waals surface area contributed by atoms with Crippen molar-refractivity contribution >= 4 is 11.9 Å². The monoisotopic (exact) mass is 263 g/mol. The molecule has 1 atom stereocenters. The van der Waals surface area contributed by atoms with Gasteiger partial charge < -0.3 is 10.0 Å². The van der Waals surface area contributed by atoms with E-state index >= 15 is 0 Å². The Hall–Kier alpha value is -1.98. The van der Waals surface area contributed by atoms with Crippen LogP contribution in [0.2, 0.25) is 0 Å². The summed E-state index contributed by atoms with van der Waals surface area (Å²) in [7, 11) is 0. The Morgan fingerprint density at radius 2 is 2.21 bits per heavy atom. The molecule has 0 saturated carbocycles. The standard InChI is InChI=1S/C13H17N3O3/c1-3-10-9(7-8(2)14-15-10)12(17)16-6-4-5-11(16)13(18)19/h7,11H,3-6H2,1-2H3,(H,18,19)/t11-/m1/s1. The number of carbonyl (C=O) groups excluding carboxylic acids is 1. The maximum Gasteiger partial charge on any atom is 0.326 e. The van der Waals surface area contributed by atoms with Gasteiger partial charge in [0.05, 0.1) is 17.0 Å². The molecule has 1 aliphatic rings. The second kappa shape index (κ2) is 5.34. The first kappa shape index (κ1) is 13.5. The molecule has 6 nitrogen and oxygen atoms in total. The lowest BCUT2D eigenvalue weighted by Crippen LogP contribution is -2.40. The van der Waals surface area contributed by atoms with Crippen molar-refractivity contribution in [2.75, 3.05) is 6.54 Å². The van der Waals surface area contributed by atoms with Crippen LogP contribution in [0.5, 0.6) is 0 Å². The number of carbonyl (C=O) groups is 2. The highest BCUT2D eigenvalue weighted by atomic mass is 16.4. The quantitative estimate of drug-likeness (QED) is 0.880. The van der Waals surface area contributed by atoms with E-state index in [-0.39, 0.29) is 5.91 Å². The van der Waals surface area contributed by atoms with Gasteiger partial charge in [-0.05, 0) is 32.3 Å². The molecule has 6 heteroatoms. The predicted octanol–water partition coefficient (Wildman–Crippen LogP) is 1.04. The summed E-state index contributed by atoms with van der Waals surface area (Å²) in [5, 5.41) is 17.1. The van der Waals surface area contributed by atoms with E-state index in [1.165, 1.54) is 4.90 Å². The summed E-state index contributed by atoms with van der Waals surface area (Å²) in [5.41, 5.74) is 1.75. The molecule has 0 aliphatic carbocycles. The Bertz CT molecular complexity index is 516. The fourth-order valence-corrected chi connectivity index (χ4v) is 2.38.